The third kappa shape index (κ3) is 3.99. The molecule has 2 aromatic rings. The van der Waals surface area contributed by atoms with E-state index in [4.69, 9.17) is 4.74 Å². The molecule has 0 aliphatic carbocycles. The smallest absolute Gasteiger partial charge is 0.160 e. The van der Waals surface area contributed by atoms with Crippen LogP contribution in [-0.4, -0.2) is 28.7 Å². The number of aryl methyl sites for hydroxylation is 1. The van der Waals surface area contributed by atoms with Gasteiger partial charge in [-0.1, -0.05) is 6.07 Å². The highest BCUT2D eigenvalue weighted by molar-refractivity contribution is 5.41. The molecule has 1 heterocycles. The van der Waals surface area contributed by atoms with Gasteiger partial charge in [0.25, 0.3) is 0 Å². The maximum absolute atomic E-state index is 9.49. The zero-order chi connectivity index (χ0) is 13.5. The number of aromatic hydroxyl groups is 1. The van der Waals surface area contributed by atoms with Crippen LogP contribution >= 0.6 is 0 Å². The first kappa shape index (κ1) is 13.4. The van der Waals surface area contributed by atoms with E-state index in [1.54, 1.807) is 19.4 Å². The molecule has 2 rings (SSSR count). The van der Waals surface area contributed by atoms with E-state index in [0.717, 1.165) is 37.3 Å². The van der Waals surface area contributed by atoms with Crippen LogP contribution in [0.4, 0.5) is 0 Å². The Hall–Kier alpha value is -2.01. The van der Waals surface area contributed by atoms with Crippen LogP contribution < -0.4 is 10.1 Å². The minimum absolute atomic E-state index is 0.170. The maximum atomic E-state index is 9.49. The van der Waals surface area contributed by atoms with E-state index in [9.17, 15) is 5.11 Å². The predicted octanol–water partition coefficient (Wildman–Crippen LogP) is 1.85. The molecule has 0 spiro atoms. The average molecular weight is 261 g/mol. The van der Waals surface area contributed by atoms with Gasteiger partial charge < -0.3 is 20.1 Å². The zero-order valence-electron chi connectivity index (χ0n) is 11.0. The van der Waals surface area contributed by atoms with Gasteiger partial charge in [0.1, 0.15) is 5.82 Å². The summed E-state index contributed by atoms with van der Waals surface area (Å²) in [6, 6.07) is 5.38. The molecule has 0 fully saturated rings. The minimum Gasteiger partial charge on any atom is -0.504 e. The van der Waals surface area contributed by atoms with Gasteiger partial charge in [0, 0.05) is 25.4 Å². The van der Waals surface area contributed by atoms with Crippen LogP contribution in [0, 0.1) is 0 Å². The number of aromatic amines is 1. The van der Waals surface area contributed by atoms with Crippen LogP contribution in [0.3, 0.4) is 0 Å². The molecule has 1 aromatic carbocycles. The Morgan fingerprint density at radius 1 is 1.42 bits per heavy atom. The summed E-state index contributed by atoms with van der Waals surface area (Å²) in [5.74, 6) is 1.70. The Morgan fingerprint density at radius 3 is 3.05 bits per heavy atom. The maximum Gasteiger partial charge on any atom is 0.160 e. The monoisotopic (exact) mass is 261 g/mol. The van der Waals surface area contributed by atoms with Crippen molar-refractivity contribution >= 4 is 0 Å². The molecule has 5 heteroatoms. The van der Waals surface area contributed by atoms with Gasteiger partial charge >= 0.3 is 0 Å². The van der Waals surface area contributed by atoms with Crippen LogP contribution in [0.1, 0.15) is 17.8 Å². The number of imidazole rings is 1. The second-order valence-electron chi connectivity index (χ2n) is 4.32. The summed E-state index contributed by atoms with van der Waals surface area (Å²) in [4.78, 5) is 7.26. The highest BCUT2D eigenvalue weighted by atomic mass is 16.5. The topological polar surface area (TPSA) is 70.2 Å². The molecule has 1 aromatic heterocycles. The molecule has 5 nitrogen and oxygen atoms in total. The van der Waals surface area contributed by atoms with Gasteiger partial charge in [-0.2, -0.15) is 0 Å². The van der Waals surface area contributed by atoms with Crippen LogP contribution in [-0.2, 0) is 13.0 Å². The van der Waals surface area contributed by atoms with Crippen molar-refractivity contribution in [3.8, 4) is 11.5 Å². The Labute approximate surface area is 112 Å². The third-order valence-corrected chi connectivity index (χ3v) is 2.90. The molecular weight excluding hydrogens is 242 g/mol. The Bertz CT molecular complexity index is 497. The van der Waals surface area contributed by atoms with Crippen LogP contribution in [0.5, 0.6) is 11.5 Å². The summed E-state index contributed by atoms with van der Waals surface area (Å²) >= 11 is 0. The highest BCUT2D eigenvalue weighted by Gasteiger charge is 2.02. The molecule has 0 amide bonds. The van der Waals surface area contributed by atoms with E-state index < -0.39 is 0 Å². The zero-order valence-corrected chi connectivity index (χ0v) is 11.0. The molecule has 19 heavy (non-hydrogen) atoms. The lowest BCUT2D eigenvalue weighted by atomic mass is 10.2. The predicted molar refractivity (Wildman–Crippen MR) is 73.3 cm³/mol. The van der Waals surface area contributed by atoms with Crippen LogP contribution in [0.15, 0.2) is 30.6 Å². The van der Waals surface area contributed by atoms with E-state index in [1.165, 1.54) is 0 Å². The lowest BCUT2D eigenvalue weighted by Crippen LogP contribution is -2.15. The summed E-state index contributed by atoms with van der Waals surface area (Å²) in [5, 5.41) is 12.9. The Kier molecular flexibility index (Phi) is 4.80. The van der Waals surface area contributed by atoms with Gasteiger partial charge in [0.15, 0.2) is 11.5 Å². The van der Waals surface area contributed by atoms with E-state index in [-0.39, 0.29) is 5.75 Å². The van der Waals surface area contributed by atoms with Crippen molar-refractivity contribution in [2.45, 2.75) is 19.4 Å². The first-order valence-electron chi connectivity index (χ1n) is 6.34. The van der Waals surface area contributed by atoms with Gasteiger partial charge in [-0.15, -0.1) is 0 Å². The second-order valence-corrected chi connectivity index (χ2v) is 4.32. The summed E-state index contributed by atoms with van der Waals surface area (Å²) in [6.07, 6.45) is 5.58. The lowest BCUT2D eigenvalue weighted by molar-refractivity contribution is 0.373. The van der Waals surface area contributed by atoms with Crippen molar-refractivity contribution in [3.05, 3.63) is 42.0 Å². The number of nitrogens with one attached hydrogen (secondary N) is 2. The van der Waals surface area contributed by atoms with Gasteiger partial charge in [-0.25, -0.2) is 4.98 Å². The number of hydrogen-bond acceptors (Lipinski definition) is 4. The number of hydrogen-bond donors (Lipinski definition) is 3. The summed E-state index contributed by atoms with van der Waals surface area (Å²) < 4.78 is 5.07. The number of benzene rings is 1. The molecule has 102 valence electrons. The number of ether oxygens (including phenoxy) is 1. The van der Waals surface area contributed by atoms with Crippen molar-refractivity contribution in [1.29, 1.82) is 0 Å². The minimum atomic E-state index is 0.170. The van der Waals surface area contributed by atoms with Crippen molar-refractivity contribution < 1.29 is 9.84 Å². The average Bonchev–Trinajstić information content (AvgIpc) is 2.93. The molecule has 0 saturated heterocycles. The quantitative estimate of drug-likeness (QED) is 0.665. The third-order valence-electron chi connectivity index (χ3n) is 2.90. The Morgan fingerprint density at radius 2 is 2.32 bits per heavy atom. The van der Waals surface area contributed by atoms with Gasteiger partial charge in [-0.05, 0) is 30.7 Å². The largest absolute Gasteiger partial charge is 0.504 e. The first-order chi connectivity index (χ1) is 9.29. The number of H-pyrrole nitrogens is 1. The fraction of sp³-hybridized carbons (Fsp3) is 0.357. The first-order valence-corrected chi connectivity index (χ1v) is 6.34. The lowest BCUT2D eigenvalue weighted by Gasteiger charge is -2.07. The summed E-state index contributed by atoms with van der Waals surface area (Å²) in [6.45, 7) is 1.68. The van der Waals surface area contributed by atoms with Gasteiger partial charge in [-0.3, -0.25) is 0 Å². The number of methoxy groups -OCH3 is 1. The van der Waals surface area contributed by atoms with Crippen molar-refractivity contribution in [1.82, 2.24) is 15.3 Å². The molecule has 0 bridgehead atoms. The molecule has 0 aliphatic heterocycles. The number of aromatic nitrogens is 2. The second kappa shape index (κ2) is 6.80. The van der Waals surface area contributed by atoms with Crippen molar-refractivity contribution in [2.75, 3.05) is 13.7 Å². The van der Waals surface area contributed by atoms with E-state index >= 15 is 0 Å². The van der Waals surface area contributed by atoms with Crippen LogP contribution in [0.25, 0.3) is 0 Å². The number of nitrogens with zero attached hydrogens (tertiary/aromatic N) is 1. The van der Waals surface area contributed by atoms with E-state index in [2.05, 4.69) is 15.3 Å². The fourth-order valence-electron chi connectivity index (χ4n) is 1.88. The number of phenolic OH excluding ortho intramolecular Hbond substituents is 1. The van der Waals surface area contributed by atoms with E-state index in [0.29, 0.717) is 5.75 Å². The molecule has 0 unspecified atom stereocenters. The van der Waals surface area contributed by atoms with Gasteiger partial charge in [0.2, 0.25) is 0 Å². The molecular formula is C14H19N3O2. The standard InChI is InChI=1S/C14H19N3O2/c1-19-13-9-11(4-5-12(13)18)10-15-6-2-3-14-16-7-8-17-14/h4-5,7-9,15,18H,2-3,6,10H2,1H3,(H,16,17). The number of phenols is 1. The van der Waals surface area contributed by atoms with E-state index in [1.807, 2.05) is 18.3 Å². The molecule has 3 N–H and O–H groups in total. The molecule has 0 aliphatic rings. The Balaban J connectivity index is 1.70. The molecule has 0 radical (unpaired) electrons. The normalized spacial score (nSPS) is 10.6. The summed E-state index contributed by atoms with van der Waals surface area (Å²) in [7, 11) is 1.55. The summed E-state index contributed by atoms with van der Waals surface area (Å²) in [5.41, 5.74) is 1.09. The molecule has 0 saturated carbocycles. The SMILES string of the molecule is COc1cc(CNCCCc2ncc[nH]2)ccc1O. The molecule has 0 atom stereocenters. The van der Waals surface area contributed by atoms with Crippen LogP contribution in [0.2, 0.25) is 0 Å². The van der Waals surface area contributed by atoms with Crippen molar-refractivity contribution in [3.63, 3.8) is 0 Å². The highest BCUT2D eigenvalue weighted by Crippen LogP contribution is 2.26. The van der Waals surface area contributed by atoms with Crippen molar-refractivity contribution in [2.24, 2.45) is 0 Å². The fourth-order valence-corrected chi connectivity index (χ4v) is 1.88. The number of rotatable bonds is 7. The van der Waals surface area contributed by atoms with Gasteiger partial charge in [0.05, 0.1) is 7.11 Å².